The summed E-state index contributed by atoms with van der Waals surface area (Å²) < 4.78 is 5.68. The number of aromatic amines is 1. The van der Waals surface area contributed by atoms with Gasteiger partial charge in [-0.2, -0.15) is 5.26 Å². The van der Waals surface area contributed by atoms with Crippen molar-refractivity contribution in [1.82, 2.24) is 9.88 Å². The molecule has 28 heavy (non-hydrogen) atoms. The Bertz CT molecular complexity index is 1130. The van der Waals surface area contributed by atoms with E-state index in [0.29, 0.717) is 12.1 Å². The summed E-state index contributed by atoms with van der Waals surface area (Å²) in [6.07, 6.45) is 2.16. The summed E-state index contributed by atoms with van der Waals surface area (Å²) >= 11 is 0. The third-order valence-corrected chi connectivity index (χ3v) is 6.24. The number of H-pyrrole nitrogens is 1. The van der Waals surface area contributed by atoms with E-state index in [1.807, 2.05) is 41.3 Å². The summed E-state index contributed by atoms with van der Waals surface area (Å²) in [7, 11) is 1.70. The van der Waals surface area contributed by atoms with E-state index in [9.17, 15) is 4.79 Å². The number of nitriles is 1. The number of methoxy groups -OCH3 is 1. The fraction of sp³-hybridized carbons (Fsp3) is 0.304. The van der Waals surface area contributed by atoms with E-state index >= 15 is 0 Å². The van der Waals surface area contributed by atoms with E-state index in [1.165, 1.54) is 5.56 Å². The second-order valence-electron chi connectivity index (χ2n) is 7.86. The van der Waals surface area contributed by atoms with Gasteiger partial charge in [0.2, 0.25) is 5.91 Å². The first-order valence-corrected chi connectivity index (χ1v) is 9.54. The van der Waals surface area contributed by atoms with Crippen LogP contribution in [0.1, 0.15) is 48.2 Å². The Morgan fingerprint density at radius 3 is 2.61 bits per heavy atom. The molecule has 140 valence electrons. The highest BCUT2D eigenvalue weighted by molar-refractivity contribution is 5.93. The first kappa shape index (κ1) is 16.9. The quantitative estimate of drug-likeness (QED) is 0.739. The van der Waals surface area contributed by atoms with Gasteiger partial charge in [-0.15, -0.1) is 0 Å². The maximum absolute atomic E-state index is 12.6. The molecule has 0 saturated heterocycles. The second-order valence-corrected chi connectivity index (χ2v) is 7.86. The minimum absolute atomic E-state index is 0.0109. The van der Waals surface area contributed by atoms with Crippen molar-refractivity contribution >= 4 is 16.8 Å². The lowest BCUT2D eigenvalue weighted by molar-refractivity contribution is -0.131. The van der Waals surface area contributed by atoms with E-state index in [-0.39, 0.29) is 17.4 Å². The summed E-state index contributed by atoms with van der Waals surface area (Å²) in [4.78, 5) is 18.2. The number of rotatable bonds is 2. The molecule has 2 heterocycles. The van der Waals surface area contributed by atoms with Gasteiger partial charge in [0.15, 0.2) is 0 Å². The first-order valence-electron chi connectivity index (χ1n) is 9.54. The highest BCUT2D eigenvalue weighted by atomic mass is 16.5. The van der Waals surface area contributed by atoms with Crippen LogP contribution < -0.4 is 4.74 Å². The molecule has 0 bridgehead atoms. The highest BCUT2D eigenvalue weighted by Gasteiger charge is 2.54. The van der Waals surface area contributed by atoms with Crippen LogP contribution in [0.3, 0.4) is 0 Å². The fourth-order valence-electron chi connectivity index (χ4n) is 4.75. The Kier molecular flexibility index (Phi) is 3.54. The average Bonchev–Trinajstić information content (AvgIpc) is 3.36. The molecule has 1 aromatic heterocycles. The monoisotopic (exact) mass is 371 g/mol. The van der Waals surface area contributed by atoms with Crippen LogP contribution in [0.15, 0.2) is 42.5 Å². The lowest BCUT2D eigenvalue weighted by atomic mass is 9.83. The molecule has 1 saturated carbocycles. The van der Waals surface area contributed by atoms with Crippen molar-refractivity contribution in [3.63, 3.8) is 0 Å². The maximum atomic E-state index is 12.6. The van der Waals surface area contributed by atoms with Gasteiger partial charge in [-0.25, -0.2) is 0 Å². The third-order valence-electron chi connectivity index (χ3n) is 6.24. The topological polar surface area (TPSA) is 69.1 Å². The standard InChI is InChI=1S/C23H21N3O2/c1-14(27)26-13-23(10-11-23)20-19-17(4-3-5-18(19)28-2)25-21(20)22(26)16-8-6-15(12-24)7-9-16/h3-9,22,25H,10-11,13H2,1-2H3. The predicted octanol–water partition coefficient (Wildman–Crippen LogP) is 4.03. The summed E-state index contributed by atoms with van der Waals surface area (Å²) in [6, 6.07) is 15.6. The number of nitrogens with one attached hydrogen (secondary N) is 1. The largest absolute Gasteiger partial charge is 0.496 e. The Hall–Kier alpha value is -3.26. The van der Waals surface area contributed by atoms with Crippen LogP contribution in [0.5, 0.6) is 5.75 Å². The zero-order chi connectivity index (χ0) is 19.5. The number of ether oxygens (including phenoxy) is 1. The molecule has 3 aromatic rings. The smallest absolute Gasteiger partial charge is 0.220 e. The number of amides is 1. The molecule has 5 heteroatoms. The van der Waals surface area contributed by atoms with Crippen LogP contribution >= 0.6 is 0 Å². The molecule has 1 aliphatic carbocycles. The molecule has 1 unspecified atom stereocenters. The number of hydrogen-bond donors (Lipinski definition) is 1. The van der Waals surface area contributed by atoms with E-state index in [4.69, 9.17) is 10.00 Å². The molecule has 5 nitrogen and oxygen atoms in total. The minimum Gasteiger partial charge on any atom is -0.496 e. The highest BCUT2D eigenvalue weighted by Crippen LogP contribution is 2.58. The van der Waals surface area contributed by atoms with Gasteiger partial charge in [0.05, 0.1) is 24.8 Å². The molecule has 0 radical (unpaired) electrons. The van der Waals surface area contributed by atoms with Gasteiger partial charge in [-0.1, -0.05) is 18.2 Å². The Balaban J connectivity index is 1.78. The predicted molar refractivity (Wildman–Crippen MR) is 106 cm³/mol. The van der Waals surface area contributed by atoms with Crippen LogP contribution in [-0.2, 0) is 10.2 Å². The van der Waals surface area contributed by atoms with E-state index < -0.39 is 0 Å². The van der Waals surface area contributed by atoms with E-state index in [1.54, 1.807) is 14.0 Å². The van der Waals surface area contributed by atoms with Crippen LogP contribution in [-0.4, -0.2) is 29.4 Å². The van der Waals surface area contributed by atoms with Crippen LogP contribution in [0, 0.1) is 11.3 Å². The molecule has 1 spiro atoms. The molecule has 1 aliphatic heterocycles. The van der Waals surface area contributed by atoms with Crippen molar-refractivity contribution in [3.8, 4) is 11.8 Å². The number of hydrogen-bond acceptors (Lipinski definition) is 3. The number of aromatic nitrogens is 1. The zero-order valence-electron chi connectivity index (χ0n) is 16.0. The van der Waals surface area contributed by atoms with Gasteiger partial charge >= 0.3 is 0 Å². The minimum atomic E-state index is -0.191. The SMILES string of the molecule is COc1cccc2[nH]c3c(c12)C1(CC1)CN(C(C)=O)C3c1ccc(C#N)cc1. The third kappa shape index (κ3) is 2.27. The number of fused-ring (bicyclic) bond motifs is 4. The Labute approximate surface area is 163 Å². The van der Waals surface area contributed by atoms with E-state index in [0.717, 1.165) is 40.8 Å². The molecule has 2 aromatic carbocycles. The summed E-state index contributed by atoms with van der Waals surface area (Å²) in [5.74, 6) is 0.938. The van der Waals surface area contributed by atoms with Crippen LogP contribution in [0.25, 0.3) is 10.9 Å². The Morgan fingerprint density at radius 2 is 2.00 bits per heavy atom. The molecule has 1 fully saturated rings. The lowest BCUT2D eigenvalue weighted by Crippen LogP contribution is -2.44. The van der Waals surface area contributed by atoms with Crippen molar-refractivity contribution < 1.29 is 9.53 Å². The summed E-state index contributed by atoms with van der Waals surface area (Å²) in [6.45, 7) is 2.35. The molecular formula is C23H21N3O2. The number of nitrogens with zero attached hydrogens (tertiary/aromatic N) is 2. The summed E-state index contributed by atoms with van der Waals surface area (Å²) in [5, 5.41) is 10.3. The van der Waals surface area contributed by atoms with Gasteiger partial charge in [-0.3, -0.25) is 4.79 Å². The molecular weight excluding hydrogens is 350 g/mol. The number of benzene rings is 2. The fourth-order valence-corrected chi connectivity index (χ4v) is 4.75. The first-order chi connectivity index (χ1) is 13.6. The normalized spacial score (nSPS) is 19.3. The summed E-state index contributed by atoms with van der Waals surface area (Å²) in [5.41, 5.74) is 5.05. The van der Waals surface area contributed by atoms with Gasteiger partial charge in [0, 0.05) is 35.5 Å². The van der Waals surface area contributed by atoms with Crippen LogP contribution in [0.4, 0.5) is 0 Å². The van der Waals surface area contributed by atoms with Gasteiger partial charge < -0.3 is 14.6 Å². The van der Waals surface area contributed by atoms with Crippen molar-refractivity contribution in [1.29, 1.82) is 5.26 Å². The molecule has 1 N–H and O–H groups in total. The van der Waals surface area contributed by atoms with Crippen LogP contribution in [0.2, 0.25) is 0 Å². The molecule has 5 rings (SSSR count). The number of carbonyl (C=O) groups excluding carboxylic acids is 1. The second kappa shape index (κ2) is 5.87. The van der Waals surface area contributed by atoms with Crippen molar-refractivity contribution in [3.05, 3.63) is 64.8 Å². The molecule has 1 amide bonds. The zero-order valence-corrected chi connectivity index (χ0v) is 16.0. The Morgan fingerprint density at radius 1 is 1.25 bits per heavy atom. The van der Waals surface area contributed by atoms with Gasteiger partial charge in [-0.05, 0) is 48.2 Å². The van der Waals surface area contributed by atoms with Gasteiger partial charge in [0.1, 0.15) is 5.75 Å². The van der Waals surface area contributed by atoms with Crippen molar-refractivity contribution in [2.75, 3.05) is 13.7 Å². The molecule has 2 aliphatic rings. The van der Waals surface area contributed by atoms with Crippen molar-refractivity contribution in [2.24, 2.45) is 0 Å². The lowest BCUT2D eigenvalue weighted by Gasteiger charge is -2.40. The average molecular weight is 371 g/mol. The number of carbonyl (C=O) groups is 1. The molecule has 1 atom stereocenters. The van der Waals surface area contributed by atoms with E-state index in [2.05, 4.69) is 17.1 Å². The van der Waals surface area contributed by atoms with Crippen molar-refractivity contribution in [2.45, 2.75) is 31.2 Å². The van der Waals surface area contributed by atoms with Gasteiger partial charge in [0.25, 0.3) is 0 Å². The maximum Gasteiger partial charge on any atom is 0.220 e.